The average molecular weight is 169 g/mol. The summed E-state index contributed by atoms with van der Waals surface area (Å²) in [5, 5.41) is 0. The lowest BCUT2D eigenvalue weighted by atomic mass is 9.97. The monoisotopic (exact) mass is 169 g/mol. The highest BCUT2D eigenvalue weighted by Crippen LogP contribution is 2.15. The minimum atomic E-state index is 0.936. The largest absolute Gasteiger partial charge is 0.298 e. The van der Waals surface area contributed by atoms with Gasteiger partial charge in [0, 0.05) is 6.54 Å². The number of nitrogens with zero attached hydrogens (tertiary/aromatic N) is 1. The Labute approximate surface area is 77.3 Å². The van der Waals surface area contributed by atoms with Crippen LogP contribution in [0.25, 0.3) is 0 Å². The lowest BCUT2D eigenvalue weighted by Gasteiger charge is -2.09. The summed E-state index contributed by atoms with van der Waals surface area (Å²) in [5.41, 5.74) is 0. The molecule has 0 amide bonds. The molecule has 0 unspecified atom stereocenters. The summed E-state index contributed by atoms with van der Waals surface area (Å²) in [5.74, 6) is 0.944. The van der Waals surface area contributed by atoms with Crippen molar-refractivity contribution >= 4 is 6.21 Å². The van der Waals surface area contributed by atoms with Crippen LogP contribution in [0.1, 0.15) is 52.9 Å². The lowest BCUT2D eigenvalue weighted by molar-refractivity contribution is 0.446. The van der Waals surface area contributed by atoms with Crippen molar-refractivity contribution in [2.45, 2.75) is 52.9 Å². The first-order valence-corrected chi connectivity index (χ1v) is 5.33. The van der Waals surface area contributed by atoms with E-state index in [1.165, 1.54) is 32.1 Å². The van der Waals surface area contributed by atoms with Crippen molar-refractivity contribution < 1.29 is 0 Å². The Morgan fingerprint density at radius 3 is 2.33 bits per heavy atom. The Hall–Kier alpha value is -0.330. The zero-order valence-corrected chi connectivity index (χ0v) is 8.84. The van der Waals surface area contributed by atoms with E-state index in [0.717, 1.165) is 12.5 Å². The van der Waals surface area contributed by atoms with Crippen molar-refractivity contribution in [1.29, 1.82) is 0 Å². The molecule has 0 aromatic rings. The first-order valence-electron chi connectivity index (χ1n) is 5.33. The Bertz CT molecular complexity index is 104. The molecule has 0 aliphatic rings. The van der Waals surface area contributed by atoms with Crippen molar-refractivity contribution in [2.24, 2.45) is 10.9 Å². The number of rotatable bonds is 7. The number of aliphatic imine (C=N–C) groups is 1. The highest BCUT2D eigenvalue weighted by molar-refractivity contribution is 5.56. The topological polar surface area (TPSA) is 12.4 Å². The molecule has 0 aliphatic carbocycles. The van der Waals surface area contributed by atoms with Gasteiger partial charge in [0.2, 0.25) is 0 Å². The minimum absolute atomic E-state index is 0.936. The third-order valence-electron chi connectivity index (χ3n) is 2.41. The first kappa shape index (κ1) is 11.7. The summed E-state index contributed by atoms with van der Waals surface area (Å²) in [6.07, 6.45) is 8.61. The fourth-order valence-electron chi connectivity index (χ4n) is 1.42. The van der Waals surface area contributed by atoms with E-state index in [2.05, 4.69) is 32.0 Å². The van der Waals surface area contributed by atoms with E-state index >= 15 is 0 Å². The maximum atomic E-state index is 4.20. The predicted octanol–water partition coefficient (Wildman–Crippen LogP) is 3.68. The van der Waals surface area contributed by atoms with E-state index in [1.54, 1.807) is 0 Å². The maximum absolute atomic E-state index is 4.20. The molecule has 0 aromatic carbocycles. The molecule has 1 heteroatoms. The van der Waals surface area contributed by atoms with Crippen LogP contribution in [0, 0.1) is 5.92 Å². The van der Waals surface area contributed by atoms with Crippen LogP contribution in [-0.4, -0.2) is 12.8 Å². The molecule has 0 saturated heterocycles. The second-order valence-corrected chi connectivity index (χ2v) is 3.29. The van der Waals surface area contributed by atoms with Crippen molar-refractivity contribution in [2.75, 3.05) is 6.54 Å². The number of hydrogen-bond acceptors (Lipinski definition) is 1. The standard InChI is InChI=1S/C11H23N/c1-4-11(5-2)9-7-8-10-12-6-3/h10-11H,4-9H2,1-3H3. The molecule has 0 fully saturated rings. The van der Waals surface area contributed by atoms with E-state index in [9.17, 15) is 0 Å². The van der Waals surface area contributed by atoms with E-state index in [4.69, 9.17) is 0 Å². The summed E-state index contributed by atoms with van der Waals surface area (Å²) in [6.45, 7) is 7.59. The van der Waals surface area contributed by atoms with Crippen LogP contribution >= 0.6 is 0 Å². The molecule has 0 spiro atoms. The van der Waals surface area contributed by atoms with E-state index in [-0.39, 0.29) is 0 Å². The van der Waals surface area contributed by atoms with Gasteiger partial charge in [-0.1, -0.05) is 33.1 Å². The van der Waals surface area contributed by atoms with Gasteiger partial charge in [-0.2, -0.15) is 0 Å². The summed E-state index contributed by atoms with van der Waals surface area (Å²) >= 11 is 0. The van der Waals surface area contributed by atoms with Crippen LogP contribution in [0.5, 0.6) is 0 Å². The summed E-state index contributed by atoms with van der Waals surface area (Å²) in [6, 6.07) is 0. The van der Waals surface area contributed by atoms with Gasteiger partial charge in [-0.05, 0) is 31.9 Å². The van der Waals surface area contributed by atoms with Gasteiger partial charge in [0.25, 0.3) is 0 Å². The molecule has 0 N–H and O–H groups in total. The Balaban J connectivity index is 3.23. The van der Waals surface area contributed by atoms with Crippen LogP contribution in [0.4, 0.5) is 0 Å². The molecule has 0 atom stereocenters. The molecule has 0 radical (unpaired) electrons. The molecule has 12 heavy (non-hydrogen) atoms. The molecule has 0 heterocycles. The van der Waals surface area contributed by atoms with Crippen LogP contribution in [0.15, 0.2) is 4.99 Å². The highest BCUT2D eigenvalue weighted by Gasteiger charge is 2.00. The zero-order chi connectivity index (χ0) is 9.23. The van der Waals surface area contributed by atoms with Crippen molar-refractivity contribution in [1.82, 2.24) is 0 Å². The fraction of sp³-hybridized carbons (Fsp3) is 0.909. The summed E-state index contributed by atoms with van der Waals surface area (Å²) < 4.78 is 0. The van der Waals surface area contributed by atoms with Gasteiger partial charge in [-0.3, -0.25) is 4.99 Å². The highest BCUT2D eigenvalue weighted by atomic mass is 14.7. The van der Waals surface area contributed by atoms with E-state index in [0.29, 0.717) is 0 Å². The van der Waals surface area contributed by atoms with E-state index in [1.807, 2.05) is 0 Å². The van der Waals surface area contributed by atoms with Crippen molar-refractivity contribution in [3.8, 4) is 0 Å². The Morgan fingerprint density at radius 2 is 1.83 bits per heavy atom. The molecule has 0 aromatic heterocycles. The average Bonchev–Trinajstić information content (AvgIpc) is 2.11. The molecule has 72 valence electrons. The summed E-state index contributed by atoms with van der Waals surface area (Å²) in [4.78, 5) is 4.20. The van der Waals surface area contributed by atoms with Crippen LogP contribution < -0.4 is 0 Å². The SMILES string of the molecule is CCN=CCCCC(CC)CC. The zero-order valence-electron chi connectivity index (χ0n) is 8.84. The molecular formula is C11H23N. The van der Waals surface area contributed by atoms with Gasteiger partial charge in [0.05, 0.1) is 0 Å². The lowest BCUT2D eigenvalue weighted by Crippen LogP contribution is -1.96. The minimum Gasteiger partial charge on any atom is -0.298 e. The van der Waals surface area contributed by atoms with Gasteiger partial charge in [0.15, 0.2) is 0 Å². The second kappa shape index (κ2) is 8.76. The number of unbranched alkanes of at least 4 members (excludes halogenated alkanes) is 1. The van der Waals surface area contributed by atoms with Gasteiger partial charge >= 0.3 is 0 Å². The van der Waals surface area contributed by atoms with Gasteiger partial charge in [-0.15, -0.1) is 0 Å². The van der Waals surface area contributed by atoms with Crippen LogP contribution in [-0.2, 0) is 0 Å². The molecule has 0 saturated carbocycles. The van der Waals surface area contributed by atoms with Crippen molar-refractivity contribution in [3.63, 3.8) is 0 Å². The van der Waals surface area contributed by atoms with Crippen molar-refractivity contribution in [3.05, 3.63) is 0 Å². The third-order valence-corrected chi connectivity index (χ3v) is 2.41. The van der Waals surface area contributed by atoms with Crippen LogP contribution in [0.3, 0.4) is 0 Å². The first-order chi connectivity index (χ1) is 5.85. The molecule has 1 nitrogen and oxygen atoms in total. The molecule has 0 rings (SSSR count). The van der Waals surface area contributed by atoms with Gasteiger partial charge in [-0.25, -0.2) is 0 Å². The maximum Gasteiger partial charge on any atom is 0.0357 e. The van der Waals surface area contributed by atoms with E-state index < -0.39 is 0 Å². The molecular weight excluding hydrogens is 146 g/mol. The summed E-state index contributed by atoms with van der Waals surface area (Å²) in [7, 11) is 0. The van der Waals surface area contributed by atoms with Gasteiger partial charge < -0.3 is 0 Å². The number of hydrogen-bond donors (Lipinski definition) is 0. The third kappa shape index (κ3) is 6.38. The fourth-order valence-corrected chi connectivity index (χ4v) is 1.42. The normalized spacial score (nSPS) is 11.7. The predicted molar refractivity (Wildman–Crippen MR) is 57.0 cm³/mol. The second-order valence-electron chi connectivity index (χ2n) is 3.29. The molecule has 0 aliphatic heterocycles. The Kier molecular flexibility index (Phi) is 8.52. The quantitative estimate of drug-likeness (QED) is 0.407. The molecule has 0 bridgehead atoms. The smallest absolute Gasteiger partial charge is 0.0357 e. The van der Waals surface area contributed by atoms with Crippen LogP contribution in [0.2, 0.25) is 0 Å². The van der Waals surface area contributed by atoms with Gasteiger partial charge in [0.1, 0.15) is 0 Å². The Morgan fingerprint density at radius 1 is 1.17 bits per heavy atom.